The number of carbonyl (C=O) groups excluding carboxylic acids is 2. The zero-order valence-corrected chi connectivity index (χ0v) is 12.7. The van der Waals surface area contributed by atoms with Gasteiger partial charge in [0.25, 0.3) is 11.8 Å². The molecule has 0 atom stereocenters. The first-order valence-corrected chi connectivity index (χ1v) is 6.83. The quantitative estimate of drug-likeness (QED) is 0.691. The fourth-order valence-electron chi connectivity index (χ4n) is 1.59. The van der Waals surface area contributed by atoms with Crippen molar-refractivity contribution in [1.29, 1.82) is 0 Å². The number of likely N-dealkylation sites (N-methyl/N-ethyl adjacent to an activating group) is 1. The van der Waals surface area contributed by atoms with Crippen LogP contribution in [0.5, 0.6) is 5.75 Å². The molecule has 0 heterocycles. The second-order valence-electron chi connectivity index (χ2n) is 4.83. The van der Waals surface area contributed by atoms with E-state index in [1.165, 1.54) is 4.90 Å². The summed E-state index contributed by atoms with van der Waals surface area (Å²) in [7, 11) is 3.24. The zero-order chi connectivity index (χ0) is 16.5. The molecule has 0 aliphatic heterocycles. The van der Waals surface area contributed by atoms with E-state index in [-0.39, 0.29) is 31.4 Å². The lowest BCUT2D eigenvalue weighted by molar-refractivity contribution is -0.137. The van der Waals surface area contributed by atoms with Gasteiger partial charge in [-0.1, -0.05) is 12.1 Å². The Hall–Kier alpha value is -2.57. The molecule has 120 valence electrons. The maximum absolute atomic E-state index is 12.1. The maximum Gasteiger partial charge on any atom is 0.303 e. The van der Waals surface area contributed by atoms with Crippen molar-refractivity contribution in [3.05, 3.63) is 29.8 Å². The van der Waals surface area contributed by atoms with Gasteiger partial charge < -0.3 is 20.1 Å². The number of rotatable bonds is 8. The highest BCUT2D eigenvalue weighted by molar-refractivity contribution is 5.97. The van der Waals surface area contributed by atoms with Gasteiger partial charge in [0, 0.05) is 27.1 Å². The summed E-state index contributed by atoms with van der Waals surface area (Å²) in [4.78, 5) is 35.4. The molecular weight excluding hydrogens is 288 g/mol. The van der Waals surface area contributed by atoms with E-state index in [1.54, 1.807) is 38.4 Å². The van der Waals surface area contributed by atoms with Crippen molar-refractivity contribution in [2.24, 2.45) is 0 Å². The number of carbonyl (C=O) groups is 3. The highest BCUT2D eigenvalue weighted by atomic mass is 16.5. The van der Waals surface area contributed by atoms with Gasteiger partial charge in [-0.3, -0.25) is 14.4 Å². The molecule has 22 heavy (non-hydrogen) atoms. The van der Waals surface area contributed by atoms with Gasteiger partial charge in [-0.2, -0.15) is 0 Å². The average Bonchev–Trinajstić information content (AvgIpc) is 2.48. The van der Waals surface area contributed by atoms with Crippen molar-refractivity contribution < 1.29 is 24.2 Å². The topological polar surface area (TPSA) is 95.9 Å². The number of aliphatic carboxylic acids is 1. The summed E-state index contributed by atoms with van der Waals surface area (Å²) in [6, 6.07) is 6.58. The molecule has 1 rings (SSSR count). The highest BCUT2D eigenvalue weighted by Gasteiger charge is 2.13. The fraction of sp³-hybridized carbons (Fsp3) is 0.400. The van der Waals surface area contributed by atoms with Crippen LogP contribution in [-0.4, -0.2) is 55.0 Å². The molecule has 1 aromatic rings. The Morgan fingerprint density at radius 3 is 2.55 bits per heavy atom. The standard InChI is InChI=1S/C15H20N2O5/c1-17(2)13(18)10-22-12-7-4-3-6-11(12)15(21)16-9-5-8-14(19)20/h3-4,6-7H,5,8-10H2,1-2H3,(H,16,21)(H,19,20). The van der Waals surface area contributed by atoms with E-state index in [4.69, 9.17) is 9.84 Å². The number of carboxylic acid groups (broad SMARTS) is 1. The van der Waals surface area contributed by atoms with Crippen molar-refractivity contribution in [2.75, 3.05) is 27.2 Å². The molecule has 0 aliphatic rings. The van der Waals surface area contributed by atoms with Crippen molar-refractivity contribution in [2.45, 2.75) is 12.8 Å². The molecule has 0 aromatic heterocycles. The lowest BCUT2D eigenvalue weighted by Gasteiger charge is -2.13. The second-order valence-corrected chi connectivity index (χ2v) is 4.83. The lowest BCUT2D eigenvalue weighted by atomic mass is 10.2. The minimum absolute atomic E-state index is 0.00420. The molecule has 7 nitrogen and oxygen atoms in total. The van der Waals surface area contributed by atoms with E-state index in [1.807, 2.05) is 0 Å². The first-order chi connectivity index (χ1) is 10.4. The van der Waals surface area contributed by atoms with Gasteiger partial charge in [-0.05, 0) is 18.6 Å². The third kappa shape index (κ3) is 5.82. The zero-order valence-electron chi connectivity index (χ0n) is 12.7. The minimum atomic E-state index is -0.903. The Labute approximate surface area is 128 Å². The minimum Gasteiger partial charge on any atom is -0.483 e. The Morgan fingerprint density at radius 1 is 1.23 bits per heavy atom. The van der Waals surface area contributed by atoms with Crippen LogP contribution >= 0.6 is 0 Å². The SMILES string of the molecule is CN(C)C(=O)COc1ccccc1C(=O)NCCCC(=O)O. The molecule has 7 heteroatoms. The number of carboxylic acids is 1. The summed E-state index contributed by atoms with van der Waals surface area (Å²) in [6.45, 7) is 0.104. The fourth-order valence-corrected chi connectivity index (χ4v) is 1.59. The monoisotopic (exact) mass is 308 g/mol. The van der Waals surface area contributed by atoms with E-state index in [0.29, 0.717) is 17.7 Å². The number of nitrogens with zero attached hydrogens (tertiary/aromatic N) is 1. The summed E-state index contributed by atoms with van der Waals surface area (Å²) in [5, 5.41) is 11.2. The second kappa shape index (κ2) is 8.66. The molecule has 2 N–H and O–H groups in total. The molecule has 0 radical (unpaired) electrons. The Morgan fingerprint density at radius 2 is 1.91 bits per heavy atom. The van der Waals surface area contributed by atoms with Crippen LogP contribution in [-0.2, 0) is 9.59 Å². The predicted molar refractivity (Wildman–Crippen MR) is 79.8 cm³/mol. The van der Waals surface area contributed by atoms with Crippen LogP contribution < -0.4 is 10.1 Å². The number of hydrogen-bond donors (Lipinski definition) is 2. The summed E-state index contributed by atoms with van der Waals surface area (Å²) in [6.07, 6.45) is 0.346. The summed E-state index contributed by atoms with van der Waals surface area (Å²) in [5.74, 6) is -1.16. The maximum atomic E-state index is 12.1. The van der Waals surface area contributed by atoms with E-state index < -0.39 is 5.97 Å². The molecule has 0 bridgehead atoms. The number of para-hydroxylation sites is 1. The number of amides is 2. The molecule has 2 amide bonds. The van der Waals surface area contributed by atoms with Gasteiger partial charge in [-0.25, -0.2) is 0 Å². The molecule has 0 unspecified atom stereocenters. The number of ether oxygens (including phenoxy) is 1. The van der Waals surface area contributed by atoms with E-state index in [9.17, 15) is 14.4 Å². The summed E-state index contributed by atoms with van der Waals surface area (Å²) < 4.78 is 5.38. The molecule has 0 fully saturated rings. The molecule has 0 saturated heterocycles. The smallest absolute Gasteiger partial charge is 0.303 e. The van der Waals surface area contributed by atoms with Crippen molar-refractivity contribution in [3.8, 4) is 5.75 Å². The van der Waals surface area contributed by atoms with Crippen LogP contribution in [0.1, 0.15) is 23.2 Å². The first kappa shape index (κ1) is 17.5. The Kier molecular flexibility index (Phi) is 6.88. The van der Waals surface area contributed by atoms with E-state index >= 15 is 0 Å². The van der Waals surface area contributed by atoms with Crippen LogP contribution in [0.15, 0.2) is 24.3 Å². The van der Waals surface area contributed by atoms with Crippen molar-refractivity contribution >= 4 is 17.8 Å². The third-order valence-electron chi connectivity index (χ3n) is 2.83. The van der Waals surface area contributed by atoms with Crippen molar-refractivity contribution in [3.63, 3.8) is 0 Å². The van der Waals surface area contributed by atoms with Crippen LogP contribution in [0.3, 0.4) is 0 Å². The largest absolute Gasteiger partial charge is 0.483 e. The van der Waals surface area contributed by atoms with Gasteiger partial charge in [-0.15, -0.1) is 0 Å². The van der Waals surface area contributed by atoms with Crippen molar-refractivity contribution in [1.82, 2.24) is 10.2 Å². The third-order valence-corrected chi connectivity index (χ3v) is 2.83. The average molecular weight is 308 g/mol. The first-order valence-electron chi connectivity index (χ1n) is 6.83. The van der Waals surface area contributed by atoms with E-state index in [0.717, 1.165) is 0 Å². The predicted octanol–water partition coefficient (Wildman–Crippen LogP) is 0.748. The number of nitrogens with one attached hydrogen (secondary N) is 1. The van der Waals surface area contributed by atoms with Gasteiger partial charge in [0.1, 0.15) is 5.75 Å². The van der Waals surface area contributed by atoms with Crippen LogP contribution in [0.4, 0.5) is 0 Å². The van der Waals surface area contributed by atoms with Crippen LogP contribution in [0.25, 0.3) is 0 Å². The summed E-state index contributed by atoms with van der Waals surface area (Å²) in [5.41, 5.74) is 0.310. The Bertz CT molecular complexity index is 542. The Balaban J connectivity index is 2.60. The molecule has 0 saturated carbocycles. The molecule has 0 spiro atoms. The number of hydrogen-bond acceptors (Lipinski definition) is 4. The van der Waals surface area contributed by atoms with Crippen LogP contribution in [0, 0.1) is 0 Å². The highest BCUT2D eigenvalue weighted by Crippen LogP contribution is 2.17. The van der Waals surface area contributed by atoms with E-state index in [2.05, 4.69) is 5.32 Å². The van der Waals surface area contributed by atoms with Gasteiger partial charge in [0.2, 0.25) is 0 Å². The molecule has 1 aromatic carbocycles. The van der Waals surface area contributed by atoms with Gasteiger partial charge in [0.15, 0.2) is 6.61 Å². The molecule has 0 aliphatic carbocycles. The lowest BCUT2D eigenvalue weighted by Crippen LogP contribution is -2.29. The van der Waals surface area contributed by atoms with Gasteiger partial charge in [0.05, 0.1) is 5.56 Å². The molecular formula is C15H20N2O5. The van der Waals surface area contributed by atoms with Crippen LogP contribution in [0.2, 0.25) is 0 Å². The number of benzene rings is 1. The summed E-state index contributed by atoms with van der Waals surface area (Å²) >= 11 is 0. The van der Waals surface area contributed by atoms with Gasteiger partial charge >= 0.3 is 5.97 Å². The normalized spacial score (nSPS) is 9.91.